The van der Waals surface area contributed by atoms with Crippen LogP contribution in [0, 0.1) is 0 Å². The summed E-state index contributed by atoms with van der Waals surface area (Å²) in [4.78, 5) is 6.45. The van der Waals surface area contributed by atoms with Crippen LogP contribution in [-0.2, 0) is 10.0 Å². The molecule has 0 bridgehead atoms. The Morgan fingerprint density at radius 1 is 1.37 bits per heavy atom. The largest absolute Gasteiger partial charge is 0.388 e. The molecule has 0 aliphatic carbocycles. The Morgan fingerprint density at radius 2 is 2.00 bits per heavy atom. The van der Waals surface area contributed by atoms with Crippen molar-refractivity contribution in [2.75, 3.05) is 37.3 Å². The van der Waals surface area contributed by atoms with E-state index in [1.807, 2.05) is 12.1 Å². The van der Waals surface area contributed by atoms with Crippen LogP contribution in [0.3, 0.4) is 0 Å². The summed E-state index contributed by atoms with van der Waals surface area (Å²) < 4.78 is 24.4. The molecule has 0 unspecified atom stereocenters. The monoisotopic (exact) mass is 300 g/mol. The molecular weight excluding hydrogens is 284 g/mol. The van der Waals surface area contributed by atoms with E-state index in [4.69, 9.17) is 18.0 Å². The van der Waals surface area contributed by atoms with E-state index in [0.29, 0.717) is 31.9 Å². The molecule has 19 heavy (non-hydrogen) atoms. The van der Waals surface area contributed by atoms with E-state index in [0.717, 1.165) is 5.69 Å². The van der Waals surface area contributed by atoms with Crippen molar-refractivity contribution in [1.82, 2.24) is 9.29 Å². The van der Waals surface area contributed by atoms with E-state index in [1.54, 1.807) is 6.20 Å². The number of anilines is 1. The van der Waals surface area contributed by atoms with Gasteiger partial charge in [0.15, 0.2) is 0 Å². The minimum absolute atomic E-state index is 0.261. The molecule has 2 heterocycles. The van der Waals surface area contributed by atoms with Crippen molar-refractivity contribution in [3.8, 4) is 0 Å². The van der Waals surface area contributed by atoms with E-state index in [-0.39, 0.29) is 4.99 Å². The highest BCUT2D eigenvalue weighted by Gasteiger charge is 2.23. The molecule has 1 fully saturated rings. The second kappa shape index (κ2) is 5.40. The van der Waals surface area contributed by atoms with Crippen LogP contribution in [0.15, 0.2) is 18.3 Å². The van der Waals surface area contributed by atoms with E-state index in [9.17, 15) is 8.42 Å². The summed E-state index contributed by atoms with van der Waals surface area (Å²) in [5, 5.41) is 0. The molecule has 0 atom stereocenters. The van der Waals surface area contributed by atoms with Crippen LogP contribution in [0.5, 0.6) is 0 Å². The van der Waals surface area contributed by atoms with Gasteiger partial charge in [-0.2, -0.15) is 4.31 Å². The number of piperazine rings is 1. The molecule has 0 amide bonds. The highest BCUT2D eigenvalue weighted by Crippen LogP contribution is 2.17. The average molecular weight is 300 g/mol. The molecule has 2 rings (SSSR count). The minimum atomic E-state index is -3.10. The lowest BCUT2D eigenvalue weighted by Gasteiger charge is -2.34. The Kier molecular flexibility index (Phi) is 4.02. The highest BCUT2D eigenvalue weighted by molar-refractivity contribution is 7.88. The van der Waals surface area contributed by atoms with Crippen molar-refractivity contribution < 1.29 is 8.42 Å². The topological polar surface area (TPSA) is 79.5 Å². The van der Waals surface area contributed by atoms with Crippen LogP contribution in [0.25, 0.3) is 0 Å². The SMILES string of the molecule is CS(=O)(=O)N1CCN(c2ccnc(C(N)=S)c2)CC1. The summed E-state index contributed by atoms with van der Waals surface area (Å²) in [6.07, 6.45) is 2.90. The van der Waals surface area contributed by atoms with Gasteiger partial charge in [-0.3, -0.25) is 4.98 Å². The summed E-state index contributed by atoms with van der Waals surface area (Å²) in [6, 6.07) is 3.70. The standard InChI is InChI=1S/C11H16N4O2S2/c1-19(16,17)15-6-4-14(5-7-15)9-2-3-13-10(8-9)11(12)18/h2-3,8H,4-7H2,1H3,(H2,12,18). The molecule has 1 aromatic heterocycles. The van der Waals surface area contributed by atoms with Gasteiger partial charge in [0.25, 0.3) is 0 Å². The van der Waals surface area contributed by atoms with Crippen LogP contribution in [0.2, 0.25) is 0 Å². The molecule has 1 aromatic rings. The smallest absolute Gasteiger partial charge is 0.211 e. The van der Waals surface area contributed by atoms with E-state index >= 15 is 0 Å². The predicted molar refractivity (Wildman–Crippen MR) is 78.8 cm³/mol. The molecule has 0 aromatic carbocycles. The molecule has 0 radical (unpaired) electrons. The van der Waals surface area contributed by atoms with Gasteiger partial charge in [0.1, 0.15) is 4.99 Å². The van der Waals surface area contributed by atoms with Gasteiger partial charge in [0.2, 0.25) is 10.0 Å². The summed E-state index contributed by atoms with van der Waals surface area (Å²) in [5.41, 5.74) is 7.10. The second-order valence-corrected chi connectivity index (χ2v) is 6.83. The van der Waals surface area contributed by atoms with E-state index in [2.05, 4.69) is 9.88 Å². The summed E-state index contributed by atoms with van der Waals surface area (Å²) >= 11 is 4.90. The molecule has 6 nitrogen and oxygen atoms in total. The van der Waals surface area contributed by atoms with Gasteiger partial charge < -0.3 is 10.6 Å². The van der Waals surface area contributed by atoms with Crippen LogP contribution in [0.4, 0.5) is 5.69 Å². The number of hydrogen-bond donors (Lipinski definition) is 1. The minimum Gasteiger partial charge on any atom is -0.388 e. The summed E-state index contributed by atoms with van der Waals surface area (Å²) in [6.45, 7) is 2.27. The van der Waals surface area contributed by atoms with Crippen molar-refractivity contribution in [3.05, 3.63) is 24.0 Å². The number of hydrogen-bond acceptors (Lipinski definition) is 5. The maximum atomic E-state index is 11.4. The Hall–Kier alpha value is -1.25. The molecule has 104 valence electrons. The van der Waals surface area contributed by atoms with Crippen molar-refractivity contribution in [1.29, 1.82) is 0 Å². The van der Waals surface area contributed by atoms with Gasteiger partial charge in [0, 0.05) is 38.1 Å². The number of aromatic nitrogens is 1. The third kappa shape index (κ3) is 3.40. The fourth-order valence-electron chi connectivity index (χ4n) is 2.03. The predicted octanol–water partition coefficient (Wildman–Crippen LogP) is -0.203. The zero-order valence-corrected chi connectivity index (χ0v) is 12.2. The number of pyridine rings is 1. The molecule has 0 saturated carbocycles. The zero-order chi connectivity index (χ0) is 14.0. The van der Waals surface area contributed by atoms with Crippen molar-refractivity contribution in [2.45, 2.75) is 0 Å². The van der Waals surface area contributed by atoms with Gasteiger partial charge >= 0.3 is 0 Å². The fourth-order valence-corrected chi connectivity index (χ4v) is 2.97. The van der Waals surface area contributed by atoms with E-state index in [1.165, 1.54) is 10.6 Å². The van der Waals surface area contributed by atoms with Crippen LogP contribution >= 0.6 is 12.2 Å². The van der Waals surface area contributed by atoms with E-state index < -0.39 is 10.0 Å². The molecular formula is C11H16N4O2S2. The maximum Gasteiger partial charge on any atom is 0.211 e. The summed E-state index contributed by atoms with van der Waals surface area (Å²) in [5.74, 6) is 0. The van der Waals surface area contributed by atoms with Crippen molar-refractivity contribution in [3.63, 3.8) is 0 Å². The molecule has 2 N–H and O–H groups in total. The number of sulfonamides is 1. The normalized spacial score (nSPS) is 17.4. The zero-order valence-electron chi connectivity index (χ0n) is 10.6. The van der Waals surface area contributed by atoms with Gasteiger partial charge in [-0.05, 0) is 12.1 Å². The first-order valence-corrected chi connectivity index (χ1v) is 8.09. The lowest BCUT2D eigenvalue weighted by molar-refractivity contribution is 0.388. The fraction of sp³-hybridized carbons (Fsp3) is 0.455. The quantitative estimate of drug-likeness (QED) is 0.779. The Balaban J connectivity index is 2.10. The first-order valence-electron chi connectivity index (χ1n) is 5.84. The third-order valence-electron chi connectivity index (χ3n) is 3.07. The van der Waals surface area contributed by atoms with Gasteiger partial charge in [-0.15, -0.1) is 0 Å². The van der Waals surface area contributed by atoms with Crippen LogP contribution < -0.4 is 10.6 Å². The molecule has 8 heteroatoms. The lowest BCUT2D eigenvalue weighted by Crippen LogP contribution is -2.48. The first-order chi connectivity index (χ1) is 8.88. The van der Waals surface area contributed by atoms with Crippen molar-refractivity contribution in [2.24, 2.45) is 5.73 Å². The van der Waals surface area contributed by atoms with Crippen LogP contribution in [-0.4, -0.2) is 55.1 Å². The number of thiocarbonyl (C=S) groups is 1. The van der Waals surface area contributed by atoms with Crippen LogP contribution in [0.1, 0.15) is 5.69 Å². The number of rotatable bonds is 3. The average Bonchev–Trinajstić information content (AvgIpc) is 2.38. The molecule has 1 saturated heterocycles. The first kappa shape index (κ1) is 14.2. The maximum absolute atomic E-state index is 11.4. The Bertz CT molecular complexity index is 580. The van der Waals surface area contributed by atoms with Gasteiger partial charge in [-0.1, -0.05) is 12.2 Å². The van der Waals surface area contributed by atoms with Gasteiger partial charge in [0.05, 0.1) is 11.9 Å². The highest BCUT2D eigenvalue weighted by atomic mass is 32.2. The molecule has 0 spiro atoms. The number of nitrogens with two attached hydrogens (primary N) is 1. The van der Waals surface area contributed by atoms with Crippen molar-refractivity contribution >= 4 is 32.9 Å². The lowest BCUT2D eigenvalue weighted by atomic mass is 10.2. The Labute approximate surface area is 118 Å². The Morgan fingerprint density at radius 3 is 2.53 bits per heavy atom. The second-order valence-electron chi connectivity index (χ2n) is 4.41. The third-order valence-corrected chi connectivity index (χ3v) is 4.58. The van der Waals surface area contributed by atoms with Gasteiger partial charge in [-0.25, -0.2) is 8.42 Å². The molecule has 1 aliphatic heterocycles. The molecule has 1 aliphatic rings. The number of nitrogens with zero attached hydrogens (tertiary/aromatic N) is 3. The summed E-state index contributed by atoms with van der Waals surface area (Å²) in [7, 11) is -3.10.